The fraction of sp³-hybridized carbons (Fsp3) is 0.375. The lowest BCUT2D eigenvalue weighted by Gasteiger charge is -2.21. The Balaban J connectivity index is 2.00. The number of benzene rings is 1. The summed E-state index contributed by atoms with van der Waals surface area (Å²) >= 11 is 6.40. The molecule has 190 valence electrons. The monoisotopic (exact) mass is 514 g/mol. The number of aryl methyl sites for hydroxylation is 2. The van der Waals surface area contributed by atoms with Crippen LogP contribution in [0.5, 0.6) is 0 Å². The molecule has 0 saturated carbocycles. The summed E-state index contributed by atoms with van der Waals surface area (Å²) in [6, 6.07) is 6.79. The van der Waals surface area contributed by atoms with Crippen LogP contribution >= 0.6 is 11.6 Å². The molecular formula is C24H27ClN6O5. The first-order valence-electron chi connectivity index (χ1n) is 11.3. The summed E-state index contributed by atoms with van der Waals surface area (Å²) in [5, 5.41) is 13.4. The smallest absolute Gasteiger partial charge is 0.419 e. The number of ether oxygens (including phenoxy) is 1. The van der Waals surface area contributed by atoms with Gasteiger partial charge in [0, 0.05) is 24.0 Å². The van der Waals surface area contributed by atoms with Gasteiger partial charge in [-0.3, -0.25) is 13.9 Å². The molecule has 0 unspecified atom stereocenters. The van der Waals surface area contributed by atoms with Gasteiger partial charge in [0.1, 0.15) is 11.3 Å². The molecule has 0 fully saturated rings. The molecule has 0 radical (unpaired) electrons. The quantitative estimate of drug-likeness (QED) is 0.252. The van der Waals surface area contributed by atoms with Crippen LogP contribution in [0, 0.1) is 0 Å². The van der Waals surface area contributed by atoms with Gasteiger partial charge < -0.3 is 14.5 Å². The van der Waals surface area contributed by atoms with Crippen LogP contribution in [-0.4, -0.2) is 45.9 Å². The maximum Gasteiger partial charge on any atom is 0.419 e. The van der Waals surface area contributed by atoms with Crippen molar-refractivity contribution in [1.82, 2.24) is 23.3 Å². The van der Waals surface area contributed by atoms with E-state index in [1.54, 1.807) is 59.0 Å². The minimum Gasteiger partial charge on any atom is -0.443 e. The van der Waals surface area contributed by atoms with Crippen LogP contribution in [0.15, 0.2) is 39.0 Å². The van der Waals surface area contributed by atoms with Crippen LogP contribution in [0.2, 0.25) is 5.02 Å². The fourth-order valence-corrected chi connectivity index (χ4v) is 4.43. The van der Waals surface area contributed by atoms with Crippen molar-refractivity contribution in [2.24, 2.45) is 12.2 Å². The van der Waals surface area contributed by atoms with Gasteiger partial charge in [-0.15, -0.1) is 0 Å². The third-order valence-corrected chi connectivity index (χ3v) is 6.13. The second-order valence-electron chi connectivity index (χ2n) is 9.39. The molecule has 0 spiro atoms. The van der Waals surface area contributed by atoms with E-state index in [9.17, 15) is 19.6 Å². The second kappa shape index (κ2) is 8.98. The summed E-state index contributed by atoms with van der Waals surface area (Å²) in [5.41, 5.74) is -0.588. The first kappa shape index (κ1) is 25.2. The Kier molecular flexibility index (Phi) is 6.29. The molecule has 0 aliphatic carbocycles. The van der Waals surface area contributed by atoms with E-state index < -0.39 is 22.9 Å². The van der Waals surface area contributed by atoms with Gasteiger partial charge in [0.2, 0.25) is 0 Å². The average molecular weight is 515 g/mol. The molecule has 36 heavy (non-hydrogen) atoms. The fourth-order valence-electron chi connectivity index (χ4n) is 4.21. The van der Waals surface area contributed by atoms with Crippen LogP contribution < -0.4 is 11.2 Å². The number of imidazole rings is 1. The minimum absolute atomic E-state index is 0.160. The molecule has 0 amide bonds. The highest BCUT2D eigenvalue weighted by Gasteiger charge is 2.25. The molecule has 11 nitrogen and oxygen atoms in total. The van der Waals surface area contributed by atoms with Gasteiger partial charge >= 0.3 is 11.8 Å². The molecular weight excluding hydrogens is 488 g/mol. The summed E-state index contributed by atoms with van der Waals surface area (Å²) in [7, 11) is 1.60. The van der Waals surface area contributed by atoms with E-state index in [1.807, 2.05) is 0 Å². The van der Waals surface area contributed by atoms with Gasteiger partial charge in [0.05, 0.1) is 17.8 Å². The number of aromatic nitrogens is 5. The van der Waals surface area contributed by atoms with E-state index in [0.717, 1.165) is 4.57 Å². The summed E-state index contributed by atoms with van der Waals surface area (Å²) in [4.78, 5) is 44.6. The number of fused-ring (bicyclic) bond motifs is 2. The standard InChI is InChI=1S/C24H27ClN6O5/c1-7-29-20-18(28(6)19(26-20)13(2)27-35)21(32)30(22(29)33)12-14-11-15-16(25)9-8-10-17(15)31(14)23(34)36-24(3,4)5/h8-11,35H,7,12H2,1-6H3/b27-13+. The van der Waals surface area contributed by atoms with Crippen LogP contribution in [-0.2, 0) is 24.9 Å². The van der Waals surface area contributed by atoms with Gasteiger partial charge in [0.15, 0.2) is 17.0 Å². The van der Waals surface area contributed by atoms with Crippen LogP contribution in [0.4, 0.5) is 4.79 Å². The van der Waals surface area contributed by atoms with Gasteiger partial charge in [-0.2, -0.15) is 0 Å². The molecule has 12 heteroatoms. The lowest BCUT2D eigenvalue weighted by Crippen LogP contribution is -2.41. The first-order chi connectivity index (χ1) is 16.9. The lowest BCUT2D eigenvalue weighted by atomic mass is 10.2. The Hall–Kier alpha value is -3.86. The summed E-state index contributed by atoms with van der Waals surface area (Å²) in [6.45, 7) is 8.57. The van der Waals surface area contributed by atoms with Crippen molar-refractivity contribution in [2.45, 2.75) is 53.3 Å². The Morgan fingerprint density at radius 3 is 2.53 bits per heavy atom. The summed E-state index contributed by atoms with van der Waals surface area (Å²) in [6.07, 6.45) is -0.655. The largest absolute Gasteiger partial charge is 0.443 e. The maximum absolute atomic E-state index is 13.6. The SMILES string of the molecule is CCn1c(=O)n(Cc2cc3c(Cl)cccc3n2C(=O)OC(C)(C)C)c(=O)c2c1nc(/C(C)=N/O)n2C. The molecule has 0 aliphatic rings. The van der Waals surface area contributed by atoms with E-state index in [2.05, 4.69) is 10.1 Å². The van der Waals surface area contributed by atoms with Crippen LogP contribution in [0.25, 0.3) is 22.1 Å². The Morgan fingerprint density at radius 2 is 1.92 bits per heavy atom. The topological polar surface area (TPSA) is 126 Å². The predicted octanol–water partition coefficient (Wildman–Crippen LogP) is 3.55. The average Bonchev–Trinajstić information content (AvgIpc) is 3.34. The normalized spacial score (nSPS) is 12.6. The molecule has 0 aliphatic heterocycles. The molecule has 1 aromatic carbocycles. The molecule has 3 aromatic heterocycles. The van der Waals surface area contributed by atoms with Crippen molar-refractivity contribution in [3.8, 4) is 0 Å². The first-order valence-corrected chi connectivity index (χ1v) is 11.7. The van der Waals surface area contributed by atoms with Crippen molar-refractivity contribution in [3.05, 3.63) is 61.6 Å². The number of carbonyl (C=O) groups is 1. The molecule has 4 rings (SSSR count). The Bertz CT molecular complexity index is 1660. The third-order valence-electron chi connectivity index (χ3n) is 5.80. The van der Waals surface area contributed by atoms with Gasteiger partial charge in [-0.05, 0) is 52.8 Å². The number of nitrogens with zero attached hydrogens (tertiary/aromatic N) is 6. The number of hydrogen-bond donors (Lipinski definition) is 1. The van der Waals surface area contributed by atoms with Gasteiger partial charge in [-0.25, -0.2) is 19.1 Å². The van der Waals surface area contributed by atoms with E-state index in [0.29, 0.717) is 21.6 Å². The van der Waals surface area contributed by atoms with Crippen molar-refractivity contribution >= 4 is 45.5 Å². The van der Waals surface area contributed by atoms with E-state index >= 15 is 0 Å². The van der Waals surface area contributed by atoms with Crippen molar-refractivity contribution in [3.63, 3.8) is 0 Å². The minimum atomic E-state index is -0.772. The molecule has 4 aromatic rings. The number of oxime groups is 1. The highest BCUT2D eigenvalue weighted by molar-refractivity contribution is 6.35. The molecule has 0 atom stereocenters. The second-order valence-corrected chi connectivity index (χ2v) is 9.80. The predicted molar refractivity (Wildman–Crippen MR) is 137 cm³/mol. The van der Waals surface area contributed by atoms with E-state index in [-0.39, 0.29) is 35.8 Å². The third kappa shape index (κ3) is 4.09. The van der Waals surface area contributed by atoms with Crippen LogP contribution in [0.3, 0.4) is 0 Å². The molecule has 3 heterocycles. The molecule has 1 N–H and O–H groups in total. The van der Waals surface area contributed by atoms with Crippen molar-refractivity contribution < 1.29 is 14.7 Å². The van der Waals surface area contributed by atoms with Crippen molar-refractivity contribution in [1.29, 1.82) is 0 Å². The number of hydrogen-bond acceptors (Lipinski definition) is 7. The Labute approximate surface area is 210 Å². The molecule has 0 bridgehead atoms. The van der Waals surface area contributed by atoms with E-state index in [4.69, 9.17) is 16.3 Å². The van der Waals surface area contributed by atoms with E-state index in [1.165, 1.54) is 20.6 Å². The number of halogens is 1. The Morgan fingerprint density at radius 1 is 1.22 bits per heavy atom. The zero-order valence-electron chi connectivity index (χ0n) is 20.9. The van der Waals surface area contributed by atoms with Gasteiger partial charge in [-0.1, -0.05) is 22.8 Å². The van der Waals surface area contributed by atoms with Crippen molar-refractivity contribution in [2.75, 3.05) is 0 Å². The number of rotatable bonds is 4. The lowest BCUT2D eigenvalue weighted by molar-refractivity contribution is 0.0540. The highest BCUT2D eigenvalue weighted by atomic mass is 35.5. The molecule has 0 saturated heterocycles. The zero-order chi connectivity index (χ0) is 26.5. The van der Waals surface area contributed by atoms with Gasteiger partial charge in [0.25, 0.3) is 5.56 Å². The maximum atomic E-state index is 13.6. The zero-order valence-corrected chi connectivity index (χ0v) is 21.6. The summed E-state index contributed by atoms with van der Waals surface area (Å²) < 4.78 is 10.8. The van der Waals surface area contributed by atoms with Crippen LogP contribution in [0.1, 0.15) is 46.1 Å². The summed E-state index contributed by atoms with van der Waals surface area (Å²) in [5.74, 6) is 0.249. The number of carbonyl (C=O) groups excluding carboxylic acids is 1. The highest BCUT2D eigenvalue weighted by Crippen LogP contribution is 2.28.